The summed E-state index contributed by atoms with van der Waals surface area (Å²) in [6.45, 7) is 2.87. The van der Waals surface area contributed by atoms with Gasteiger partial charge in [-0.2, -0.15) is 0 Å². The first-order chi connectivity index (χ1) is 9.43. The Morgan fingerprint density at radius 2 is 1.90 bits per heavy atom. The number of esters is 2. The molecule has 5 heteroatoms. The first kappa shape index (κ1) is 14.0. The molecule has 2 aromatic carbocycles. The van der Waals surface area contributed by atoms with Crippen LogP contribution in [0.3, 0.4) is 0 Å². The van der Waals surface area contributed by atoms with Crippen LogP contribution in [-0.4, -0.2) is 19.0 Å². The van der Waals surface area contributed by atoms with Crippen molar-refractivity contribution >= 4 is 22.7 Å². The lowest BCUT2D eigenvalue weighted by molar-refractivity contribution is -0.131. The lowest BCUT2D eigenvalue weighted by atomic mass is 10.00. The minimum atomic E-state index is -0.541. The number of benzene rings is 2. The number of rotatable bonds is 2. The molecule has 0 atom stereocenters. The molecular weight excluding hydrogens is 263 g/mol. The molecule has 0 spiro atoms. The van der Waals surface area contributed by atoms with E-state index in [1.165, 1.54) is 32.2 Å². The molecule has 0 N–H and O–H groups in total. The minimum Gasteiger partial charge on any atom is -0.465 e. The van der Waals surface area contributed by atoms with Crippen molar-refractivity contribution in [1.29, 1.82) is 0 Å². The highest BCUT2D eigenvalue weighted by Gasteiger charge is 2.18. The summed E-state index contributed by atoms with van der Waals surface area (Å²) in [6, 6.07) is 5.64. The molecule has 0 radical (unpaired) electrons. The maximum atomic E-state index is 13.4. The highest BCUT2D eigenvalue weighted by molar-refractivity contribution is 6.01. The van der Waals surface area contributed by atoms with Crippen molar-refractivity contribution in [2.24, 2.45) is 0 Å². The molecule has 0 aliphatic rings. The number of carbonyl (C=O) groups excluding carboxylic acids is 2. The smallest absolute Gasteiger partial charge is 0.338 e. The fourth-order valence-corrected chi connectivity index (χ4v) is 2.04. The SMILES string of the molecule is COC(=O)c1cc2ccc(F)cc2c(OC(C)=O)c1C. The maximum Gasteiger partial charge on any atom is 0.338 e. The number of hydrogen-bond donors (Lipinski definition) is 0. The maximum absolute atomic E-state index is 13.4. The summed E-state index contributed by atoms with van der Waals surface area (Å²) in [6.07, 6.45) is 0. The second-order valence-electron chi connectivity index (χ2n) is 4.33. The molecule has 0 aliphatic heterocycles. The highest BCUT2D eigenvalue weighted by atomic mass is 19.1. The van der Waals surface area contributed by atoms with Crippen LogP contribution in [-0.2, 0) is 9.53 Å². The van der Waals surface area contributed by atoms with Gasteiger partial charge in [0.2, 0.25) is 0 Å². The van der Waals surface area contributed by atoms with E-state index in [2.05, 4.69) is 0 Å². The second kappa shape index (κ2) is 5.28. The first-order valence-corrected chi connectivity index (χ1v) is 5.93. The van der Waals surface area contributed by atoms with Crippen molar-refractivity contribution < 1.29 is 23.5 Å². The van der Waals surface area contributed by atoms with Crippen molar-refractivity contribution in [2.75, 3.05) is 7.11 Å². The molecular formula is C15H13FO4. The highest BCUT2D eigenvalue weighted by Crippen LogP contribution is 2.33. The summed E-state index contributed by atoms with van der Waals surface area (Å²) >= 11 is 0. The molecule has 0 fully saturated rings. The van der Waals surface area contributed by atoms with E-state index in [-0.39, 0.29) is 11.3 Å². The Balaban J connectivity index is 2.80. The molecule has 2 rings (SSSR count). The van der Waals surface area contributed by atoms with Crippen LogP contribution in [0.2, 0.25) is 0 Å². The van der Waals surface area contributed by atoms with Crippen molar-refractivity contribution in [1.82, 2.24) is 0 Å². The van der Waals surface area contributed by atoms with Crippen LogP contribution in [0.15, 0.2) is 24.3 Å². The molecule has 104 valence electrons. The number of carbonyl (C=O) groups is 2. The summed E-state index contributed by atoms with van der Waals surface area (Å²) in [5.74, 6) is -1.35. The van der Waals surface area contributed by atoms with E-state index in [0.717, 1.165) is 0 Å². The van der Waals surface area contributed by atoms with E-state index < -0.39 is 17.8 Å². The van der Waals surface area contributed by atoms with Crippen LogP contribution in [0.25, 0.3) is 10.8 Å². The van der Waals surface area contributed by atoms with Gasteiger partial charge in [-0.25, -0.2) is 9.18 Å². The molecule has 0 unspecified atom stereocenters. The van der Waals surface area contributed by atoms with Gasteiger partial charge in [0.15, 0.2) is 0 Å². The summed E-state index contributed by atoms with van der Waals surface area (Å²) in [7, 11) is 1.27. The zero-order valence-corrected chi connectivity index (χ0v) is 11.3. The molecule has 4 nitrogen and oxygen atoms in total. The average molecular weight is 276 g/mol. The van der Waals surface area contributed by atoms with Crippen LogP contribution in [0.1, 0.15) is 22.8 Å². The summed E-state index contributed by atoms with van der Waals surface area (Å²) in [5.41, 5.74) is 0.716. The molecule has 0 heterocycles. The zero-order chi connectivity index (χ0) is 14.9. The van der Waals surface area contributed by atoms with Crippen LogP contribution >= 0.6 is 0 Å². The predicted octanol–water partition coefficient (Wildman–Crippen LogP) is 3.00. The third kappa shape index (κ3) is 2.47. The normalized spacial score (nSPS) is 10.4. The van der Waals surface area contributed by atoms with Gasteiger partial charge < -0.3 is 9.47 Å². The van der Waals surface area contributed by atoms with Crippen molar-refractivity contribution in [3.05, 3.63) is 41.2 Å². The lowest BCUT2D eigenvalue weighted by Gasteiger charge is -2.13. The van der Waals surface area contributed by atoms with Crippen molar-refractivity contribution in [2.45, 2.75) is 13.8 Å². The van der Waals surface area contributed by atoms with E-state index in [0.29, 0.717) is 16.3 Å². The van der Waals surface area contributed by atoms with Gasteiger partial charge in [0, 0.05) is 17.9 Å². The molecule has 0 aliphatic carbocycles. The second-order valence-corrected chi connectivity index (χ2v) is 4.33. The standard InChI is InChI=1S/C15H13FO4/c1-8-12(15(18)19-3)6-10-4-5-11(16)7-13(10)14(8)20-9(2)17/h4-7H,1-3H3. The number of fused-ring (bicyclic) bond motifs is 1. The molecule has 0 saturated carbocycles. The average Bonchev–Trinajstić information content (AvgIpc) is 2.41. The number of hydrogen-bond acceptors (Lipinski definition) is 4. The number of ether oxygens (including phenoxy) is 2. The molecule has 2 aromatic rings. The Bertz CT molecular complexity index is 707. The Labute approximate surface area is 115 Å². The van der Waals surface area contributed by atoms with Crippen LogP contribution in [0.4, 0.5) is 4.39 Å². The fourth-order valence-electron chi connectivity index (χ4n) is 2.04. The Morgan fingerprint density at radius 3 is 2.50 bits per heavy atom. The third-order valence-corrected chi connectivity index (χ3v) is 2.96. The van der Waals surface area contributed by atoms with Gasteiger partial charge in [-0.3, -0.25) is 4.79 Å². The van der Waals surface area contributed by atoms with E-state index >= 15 is 0 Å². The quantitative estimate of drug-likeness (QED) is 0.625. The predicted molar refractivity (Wildman–Crippen MR) is 71.3 cm³/mol. The number of halogens is 1. The van der Waals surface area contributed by atoms with Crippen molar-refractivity contribution in [3.63, 3.8) is 0 Å². The van der Waals surface area contributed by atoms with Gasteiger partial charge in [-0.15, -0.1) is 0 Å². The molecule has 0 aromatic heterocycles. The van der Waals surface area contributed by atoms with Crippen molar-refractivity contribution in [3.8, 4) is 5.75 Å². The molecule has 20 heavy (non-hydrogen) atoms. The monoisotopic (exact) mass is 276 g/mol. The summed E-state index contributed by atoms with van der Waals surface area (Å²) < 4.78 is 23.2. The van der Waals surface area contributed by atoms with Gasteiger partial charge in [-0.05, 0) is 30.5 Å². The molecule has 0 bridgehead atoms. The summed E-state index contributed by atoms with van der Waals surface area (Å²) in [4.78, 5) is 23.0. The third-order valence-electron chi connectivity index (χ3n) is 2.96. The van der Waals surface area contributed by atoms with Crippen LogP contribution in [0.5, 0.6) is 5.75 Å². The van der Waals surface area contributed by atoms with Gasteiger partial charge in [-0.1, -0.05) is 6.07 Å². The molecule has 0 amide bonds. The first-order valence-electron chi connectivity index (χ1n) is 5.93. The topological polar surface area (TPSA) is 52.6 Å². The Hall–Kier alpha value is -2.43. The van der Waals surface area contributed by atoms with Gasteiger partial charge >= 0.3 is 11.9 Å². The summed E-state index contributed by atoms with van der Waals surface area (Å²) in [5, 5.41) is 1.03. The van der Waals surface area contributed by atoms with E-state index in [4.69, 9.17) is 9.47 Å². The Morgan fingerprint density at radius 1 is 1.20 bits per heavy atom. The zero-order valence-electron chi connectivity index (χ0n) is 11.3. The van der Waals surface area contributed by atoms with Crippen LogP contribution < -0.4 is 4.74 Å². The minimum absolute atomic E-state index is 0.176. The van der Waals surface area contributed by atoms with Crippen LogP contribution in [0, 0.1) is 12.7 Å². The van der Waals surface area contributed by atoms with Gasteiger partial charge in [0.1, 0.15) is 11.6 Å². The largest absolute Gasteiger partial charge is 0.465 e. The number of methoxy groups -OCH3 is 1. The van der Waals surface area contributed by atoms with E-state index in [9.17, 15) is 14.0 Å². The van der Waals surface area contributed by atoms with Gasteiger partial charge in [0.05, 0.1) is 12.7 Å². The Kier molecular flexibility index (Phi) is 3.70. The van der Waals surface area contributed by atoms with Gasteiger partial charge in [0.25, 0.3) is 0 Å². The van der Waals surface area contributed by atoms with E-state index in [1.807, 2.05) is 0 Å². The van der Waals surface area contributed by atoms with E-state index in [1.54, 1.807) is 13.0 Å². The lowest BCUT2D eigenvalue weighted by Crippen LogP contribution is -2.09. The fraction of sp³-hybridized carbons (Fsp3) is 0.200. The molecule has 0 saturated heterocycles.